The van der Waals surface area contributed by atoms with E-state index in [1.807, 2.05) is 0 Å². The van der Waals surface area contributed by atoms with Gasteiger partial charge in [0.25, 0.3) is 0 Å². The third-order valence-corrected chi connectivity index (χ3v) is 1.23. The summed E-state index contributed by atoms with van der Waals surface area (Å²) in [5, 5.41) is 8.37. The Morgan fingerprint density at radius 1 is 1.55 bits per heavy atom. The molecule has 0 radical (unpaired) electrons. The van der Waals surface area contributed by atoms with Gasteiger partial charge in [0.15, 0.2) is 0 Å². The highest BCUT2D eigenvalue weighted by Crippen LogP contribution is 2.10. The molecule has 56 valence electrons. The Morgan fingerprint density at radius 3 is 3.00 bits per heavy atom. The van der Waals surface area contributed by atoms with E-state index in [2.05, 4.69) is 0 Å². The van der Waals surface area contributed by atoms with Gasteiger partial charge in [-0.05, 0) is 12.1 Å². The average Bonchev–Trinajstić information content (AvgIpc) is 2.06. The highest BCUT2D eigenvalue weighted by molar-refractivity contribution is 6.17. The minimum atomic E-state index is -0.373. The molecule has 0 bridgehead atoms. The second-order valence-electron chi connectivity index (χ2n) is 1.96. The molecular formula is C7H7BO3. The van der Waals surface area contributed by atoms with Gasteiger partial charge in [-0.2, -0.15) is 0 Å². The summed E-state index contributed by atoms with van der Waals surface area (Å²) in [6.07, 6.45) is 0.726. The van der Waals surface area contributed by atoms with E-state index in [-0.39, 0.29) is 7.69 Å². The van der Waals surface area contributed by atoms with E-state index in [9.17, 15) is 4.79 Å². The summed E-state index contributed by atoms with van der Waals surface area (Å²) in [5.41, 5.74) is 0.538. The zero-order valence-electron chi connectivity index (χ0n) is 5.86. The Balaban J connectivity index is 2.82. The number of carbonyl (C=O) groups excluding carboxylic acids is 1. The lowest BCUT2D eigenvalue weighted by Gasteiger charge is -2.00. The molecule has 1 rings (SSSR count). The molecule has 0 aliphatic heterocycles. The maximum atomic E-state index is 10.2. The third kappa shape index (κ3) is 2.09. The van der Waals surface area contributed by atoms with Crippen LogP contribution in [0.3, 0.4) is 0 Å². The summed E-state index contributed by atoms with van der Waals surface area (Å²) in [5.74, 6) is 0.497. The monoisotopic (exact) mass is 150 g/mol. The fourth-order valence-corrected chi connectivity index (χ4v) is 0.752. The standard InChI is InChI=1S/C7H7BO3/c9-5-6-2-1-3-7(4-6)11-8-10/h1-5,8,10H. The Kier molecular flexibility index (Phi) is 2.69. The van der Waals surface area contributed by atoms with Gasteiger partial charge < -0.3 is 9.68 Å². The van der Waals surface area contributed by atoms with E-state index in [1.54, 1.807) is 24.3 Å². The first-order valence-corrected chi connectivity index (χ1v) is 3.15. The molecule has 0 spiro atoms. The zero-order valence-corrected chi connectivity index (χ0v) is 5.86. The lowest BCUT2D eigenvalue weighted by atomic mass is 10.2. The van der Waals surface area contributed by atoms with Gasteiger partial charge in [-0.1, -0.05) is 12.1 Å². The Bertz CT molecular complexity index is 249. The summed E-state index contributed by atoms with van der Waals surface area (Å²) in [6.45, 7) is 0. The van der Waals surface area contributed by atoms with Gasteiger partial charge in [0.2, 0.25) is 0 Å². The molecule has 0 amide bonds. The van der Waals surface area contributed by atoms with Crippen LogP contribution in [0, 0.1) is 0 Å². The van der Waals surface area contributed by atoms with Crippen LogP contribution in [0.25, 0.3) is 0 Å². The van der Waals surface area contributed by atoms with Crippen LogP contribution in [0.1, 0.15) is 10.4 Å². The van der Waals surface area contributed by atoms with E-state index in [1.165, 1.54) is 0 Å². The van der Waals surface area contributed by atoms with Gasteiger partial charge in [0.1, 0.15) is 12.0 Å². The van der Waals surface area contributed by atoms with Crippen molar-refractivity contribution in [2.24, 2.45) is 0 Å². The van der Waals surface area contributed by atoms with Crippen molar-refractivity contribution in [2.45, 2.75) is 0 Å². The normalized spacial score (nSPS) is 8.82. The Labute approximate surface area is 64.9 Å². The van der Waals surface area contributed by atoms with Gasteiger partial charge in [-0.3, -0.25) is 4.79 Å². The van der Waals surface area contributed by atoms with Crippen LogP contribution in [-0.4, -0.2) is 19.0 Å². The van der Waals surface area contributed by atoms with Crippen LogP contribution in [0.4, 0.5) is 0 Å². The van der Waals surface area contributed by atoms with Crippen LogP contribution in [0.15, 0.2) is 24.3 Å². The molecule has 0 fully saturated rings. The second kappa shape index (κ2) is 3.78. The highest BCUT2D eigenvalue weighted by Gasteiger charge is 1.94. The molecule has 0 saturated carbocycles. The molecule has 1 N–H and O–H groups in total. The minimum absolute atomic E-state index is 0.373. The van der Waals surface area contributed by atoms with E-state index in [0.29, 0.717) is 11.3 Å². The summed E-state index contributed by atoms with van der Waals surface area (Å²) in [6, 6.07) is 6.58. The van der Waals surface area contributed by atoms with E-state index in [0.717, 1.165) is 6.29 Å². The maximum absolute atomic E-state index is 10.2. The average molecular weight is 150 g/mol. The molecule has 1 aromatic carbocycles. The van der Waals surface area contributed by atoms with Crippen LogP contribution in [-0.2, 0) is 0 Å². The molecule has 0 aliphatic carbocycles. The van der Waals surface area contributed by atoms with Gasteiger partial charge >= 0.3 is 7.69 Å². The Morgan fingerprint density at radius 2 is 2.36 bits per heavy atom. The predicted octanol–water partition coefficient (Wildman–Crippen LogP) is 0.137. The second-order valence-corrected chi connectivity index (χ2v) is 1.96. The largest absolute Gasteiger partial charge is 0.539 e. The molecule has 0 aliphatic rings. The lowest BCUT2D eigenvalue weighted by molar-refractivity contribution is 0.112. The SMILES string of the molecule is O=Cc1cccc(OBO)c1. The number of hydrogen-bond acceptors (Lipinski definition) is 3. The molecule has 1 aromatic rings. The summed E-state index contributed by atoms with van der Waals surface area (Å²) in [7, 11) is -0.373. The first kappa shape index (κ1) is 7.82. The molecule has 0 heterocycles. The number of hydrogen-bond donors (Lipinski definition) is 1. The predicted molar refractivity (Wildman–Crippen MR) is 41.8 cm³/mol. The summed E-state index contributed by atoms with van der Waals surface area (Å²) >= 11 is 0. The molecule has 4 heteroatoms. The van der Waals surface area contributed by atoms with Crippen molar-refractivity contribution in [1.82, 2.24) is 0 Å². The molecular weight excluding hydrogens is 143 g/mol. The van der Waals surface area contributed by atoms with Crippen molar-refractivity contribution in [3.8, 4) is 5.75 Å². The summed E-state index contributed by atoms with van der Waals surface area (Å²) in [4.78, 5) is 10.2. The molecule has 11 heavy (non-hydrogen) atoms. The molecule has 0 atom stereocenters. The third-order valence-electron chi connectivity index (χ3n) is 1.23. The highest BCUT2D eigenvalue weighted by atomic mass is 16.5. The summed E-state index contributed by atoms with van der Waals surface area (Å²) < 4.78 is 4.74. The first-order chi connectivity index (χ1) is 5.36. The topological polar surface area (TPSA) is 46.5 Å². The van der Waals surface area contributed by atoms with Crippen molar-refractivity contribution < 1.29 is 14.5 Å². The molecule has 0 unspecified atom stereocenters. The number of rotatable bonds is 3. The lowest BCUT2D eigenvalue weighted by Crippen LogP contribution is -1.99. The van der Waals surface area contributed by atoms with E-state index < -0.39 is 0 Å². The fourth-order valence-electron chi connectivity index (χ4n) is 0.752. The number of carbonyl (C=O) groups is 1. The minimum Gasteiger partial charge on any atom is -0.539 e. The first-order valence-electron chi connectivity index (χ1n) is 3.15. The van der Waals surface area contributed by atoms with Crippen LogP contribution in [0.5, 0.6) is 5.75 Å². The van der Waals surface area contributed by atoms with Gasteiger partial charge in [0.05, 0.1) is 0 Å². The zero-order chi connectivity index (χ0) is 8.10. The molecule has 0 aromatic heterocycles. The van der Waals surface area contributed by atoms with Gasteiger partial charge in [-0.15, -0.1) is 0 Å². The van der Waals surface area contributed by atoms with Crippen LogP contribution in [0.2, 0.25) is 0 Å². The quantitative estimate of drug-likeness (QED) is 0.492. The maximum Gasteiger partial charge on any atom is 0.504 e. The van der Waals surface area contributed by atoms with Crippen molar-refractivity contribution in [2.75, 3.05) is 0 Å². The van der Waals surface area contributed by atoms with Crippen molar-refractivity contribution >= 4 is 14.0 Å². The van der Waals surface area contributed by atoms with Crippen molar-refractivity contribution in [3.63, 3.8) is 0 Å². The Hall–Kier alpha value is -1.29. The number of aldehydes is 1. The van der Waals surface area contributed by atoms with Crippen molar-refractivity contribution in [1.29, 1.82) is 0 Å². The molecule has 0 saturated heterocycles. The van der Waals surface area contributed by atoms with Gasteiger partial charge in [-0.25, -0.2) is 0 Å². The van der Waals surface area contributed by atoms with Gasteiger partial charge in [0, 0.05) is 5.56 Å². The fraction of sp³-hybridized carbons (Fsp3) is 0. The molecule has 3 nitrogen and oxygen atoms in total. The van der Waals surface area contributed by atoms with Crippen LogP contribution >= 0.6 is 0 Å². The van der Waals surface area contributed by atoms with Crippen LogP contribution < -0.4 is 4.65 Å². The smallest absolute Gasteiger partial charge is 0.504 e. The van der Waals surface area contributed by atoms with E-state index in [4.69, 9.17) is 9.68 Å². The van der Waals surface area contributed by atoms with Crippen molar-refractivity contribution in [3.05, 3.63) is 29.8 Å². The number of benzene rings is 1. The van der Waals surface area contributed by atoms with E-state index >= 15 is 0 Å².